The van der Waals surface area contributed by atoms with E-state index >= 15 is 0 Å². The molecule has 0 spiro atoms. The molecule has 0 aliphatic heterocycles. The van der Waals surface area contributed by atoms with E-state index in [1.54, 1.807) is 0 Å². The van der Waals surface area contributed by atoms with E-state index in [-0.39, 0.29) is 12.2 Å². The molecule has 0 fully saturated rings. The monoisotopic (exact) mass is 260 g/mol. The average Bonchev–Trinajstić information content (AvgIpc) is 2.29. The Morgan fingerprint density at radius 1 is 1.28 bits per heavy atom. The molecule has 0 bridgehead atoms. The lowest BCUT2D eigenvalue weighted by molar-refractivity contribution is -0.138. The third-order valence-corrected chi connectivity index (χ3v) is 2.27. The summed E-state index contributed by atoms with van der Waals surface area (Å²) in [7, 11) is 0. The smallest absolute Gasteiger partial charge is 0.361 e. The molecule has 0 heterocycles. The fraction of sp³-hybridized carbons (Fsp3) is 0.273. The van der Waals surface area contributed by atoms with Crippen LogP contribution in [0.2, 0.25) is 0 Å². The van der Waals surface area contributed by atoms with Crippen molar-refractivity contribution in [2.24, 2.45) is 5.73 Å². The number of likely N-dealkylation sites (N-methyl/N-ethyl adjacent to an activating group) is 1. The molecule has 0 saturated heterocycles. The van der Waals surface area contributed by atoms with E-state index in [1.807, 2.05) is 0 Å². The number of rotatable bonds is 2. The predicted molar refractivity (Wildman–Crippen MR) is 58.7 cm³/mol. The number of hydrogen-bond donors (Lipinski definition) is 1. The second-order valence-corrected chi connectivity index (χ2v) is 3.43. The number of amides is 2. The predicted octanol–water partition coefficient (Wildman–Crippen LogP) is 1.54. The molecule has 1 aromatic carbocycles. The van der Waals surface area contributed by atoms with Gasteiger partial charge in [-0.1, -0.05) is 12.1 Å². The van der Waals surface area contributed by atoms with Gasteiger partial charge in [0, 0.05) is 6.54 Å². The molecule has 2 amide bonds. The van der Waals surface area contributed by atoms with E-state index in [0.29, 0.717) is 4.90 Å². The van der Waals surface area contributed by atoms with Gasteiger partial charge in [-0.15, -0.1) is 0 Å². The summed E-state index contributed by atoms with van der Waals surface area (Å²) >= 11 is 0. The molecule has 98 valence electrons. The van der Waals surface area contributed by atoms with Gasteiger partial charge in [-0.25, -0.2) is 0 Å². The first-order valence-electron chi connectivity index (χ1n) is 5.06. The number of nitrogens with two attached hydrogens (primary N) is 1. The normalized spacial score (nSPS) is 11.1. The minimum absolute atomic E-state index is 0.0884. The first-order valence-corrected chi connectivity index (χ1v) is 5.06. The van der Waals surface area contributed by atoms with E-state index < -0.39 is 23.6 Å². The van der Waals surface area contributed by atoms with Gasteiger partial charge < -0.3 is 10.6 Å². The Morgan fingerprint density at radius 3 is 2.28 bits per heavy atom. The molecule has 0 radical (unpaired) electrons. The minimum atomic E-state index is -4.61. The first-order chi connectivity index (χ1) is 8.29. The number of carbonyl (C=O) groups excluding carboxylic acids is 2. The zero-order valence-corrected chi connectivity index (χ0v) is 9.49. The summed E-state index contributed by atoms with van der Waals surface area (Å²) in [6.45, 7) is 1.36. The number of halogens is 3. The van der Waals surface area contributed by atoms with Gasteiger partial charge in [0.2, 0.25) is 0 Å². The van der Waals surface area contributed by atoms with Crippen LogP contribution in [0.25, 0.3) is 0 Å². The Balaban J connectivity index is 3.31. The van der Waals surface area contributed by atoms with E-state index in [4.69, 9.17) is 5.73 Å². The lowest BCUT2D eigenvalue weighted by Crippen LogP contribution is -2.41. The van der Waals surface area contributed by atoms with Crippen LogP contribution in [-0.4, -0.2) is 18.4 Å². The van der Waals surface area contributed by atoms with Crippen molar-refractivity contribution in [2.75, 3.05) is 11.4 Å². The molecular formula is C11H11F3N2O2. The fourth-order valence-corrected chi connectivity index (χ4v) is 1.51. The molecule has 0 unspecified atom stereocenters. The number of nitrogens with zero attached hydrogens (tertiary/aromatic N) is 1. The number of primary amides is 1. The second kappa shape index (κ2) is 5.07. The Bertz CT molecular complexity index is 472. The highest BCUT2D eigenvalue weighted by Crippen LogP contribution is 2.36. The van der Waals surface area contributed by atoms with Crippen molar-refractivity contribution in [1.82, 2.24) is 0 Å². The molecule has 1 aromatic rings. The molecule has 1 rings (SSSR count). The van der Waals surface area contributed by atoms with Crippen molar-refractivity contribution in [3.63, 3.8) is 0 Å². The molecular weight excluding hydrogens is 249 g/mol. The summed E-state index contributed by atoms with van der Waals surface area (Å²) in [5.74, 6) is -2.47. The topological polar surface area (TPSA) is 63.4 Å². The highest BCUT2D eigenvalue weighted by atomic mass is 19.4. The van der Waals surface area contributed by atoms with Crippen molar-refractivity contribution in [2.45, 2.75) is 13.1 Å². The van der Waals surface area contributed by atoms with Crippen LogP contribution in [0.5, 0.6) is 0 Å². The Labute approximate surface area is 101 Å². The van der Waals surface area contributed by atoms with Gasteiger partial charge in [0.15, 0.2) is 0 Å². The van der Waals surface area contributed by atoms with Crippen molar-refractivity contribution in [1.29, 1.82) is 0 Å². The molecule has 4 nitrogen and oxygen atoms in total. The quantitative estimate of drug-likeness (QED) is 0.820. The van der Waals surface area contributed by atoms with Crippen LogP contribution in [-0.2, 0) is 15.8 Å². The van der Waals surface area contributed by atoms with Crippen LogP contribution in [0.4, 0.5) is 18.9 Å². The zero-order chi connectivity index (χ0) is 13.9. The molecule has 7 heteroatoms. The highest BCUT2D eigenvalue weighted by Gasteiger charge is 2.36. The van der Waals surface area contributed by atoms with Gasteiger partial charge in [-0.2, -0.15) is 13.2 Å². The number of benzene rings is 1. The maximum atomic E-state index is 12.8. The Morgan fingerprint density at radius 2 is 1.83 bits per heavy atom. The third kappa shape index (κ3) is 2.79. The lowest BCUT2D eigenvalue weighted by Gasteiger charge is -2.23. The Kier molecular flexibility index (Phi) is 3.95. The number of hydrogen-bond acceptors (Lipinski definition) is 2. The van der Waals surface area contributed by atoms with E-state index in [9.17, 15) is 22.8 Å². The van der Waals surface area contributed by atoms with Crippen LogP contribution in [0.3, 0.4) is 0 Å². The Hall–Kier alpha value is -2.05. The van der Waals surface area contributed by atoms with Crippen molar-refractivity contribution in [3.05, 3.63) is 29.8 Å². The first kappa shape index (κ1) is 14.0. The van der Waals surface area contributed by atoms with Crippen LogP contribution in [0, 0.1) is 0 Å². The van der Waals surface area contributed by atoms with Crippen molar-refractivity contribution in [3.8, 4) is 0 Å². The SMILES string of the molecule is CCN(C(=O)C(N)=O)c1ccccc1C(F)(F)F. The summed E-state index contributed by atoms with van der Waals surface area (Å²) in [6, 6.07) is 4.51. The van der Waals surface area contributed by atoms with Crippen LogP contribution >= 0.6 is 0 Å². The van der Waals surface area contributed by atoms with Gasteiger partial charge >= 0.3 is 18.0 Å². The standard InChI is InChI=1S/C11H11F3N2O2/c1-2-16(10(18)9(15)17)8-6-4-3-5-7(8)11(12,13)14/h3-6H,2H2,1H3,(H2,15,17). The maximum Gasteiger partial charge on any atom is 0.418 e. The largest absolute Gasteiger partial charge is 0.418 e. The molecule has 0 atom stereocenters. The molecule has 0 aliphatic rings. The van der Waals surface area contributed by atoms with Gasteiger partial charge in [-0.05, 0) is 19.1 Å². The van der Waals surface area contributed by atoms with Gasteiger partial charge in [-0.3, -0.25) is 9.59 Å². The molecule has 18 heavy (non-hydrogen) atoms. The number of alkyl halides is 3. The summed E-state index contributed by atoms with van der Waals surface area (Å²) in [6.07, 6.45) is -4.61. The number of carbonyl (C=O) groups is 2. The van der Waals surface area contributed by atoms with Crippen LogP contribution in [0.1, 0.15) is 12.5 Å². The second-order valence-electron chi connectivity index (χ2n) is 3.43. The fourth-order valence-electron chi connectivity index (χ4n) is 1.51. The van der Waals surface area contributed by atoms with E-state index in [1.165, 1.54) is 19.1 Å². The number of anilines is 1. The van der Waals surface area contributed by atoms with Gasteiger partial charge in [0.05, 0.1) is 11.3 Å². The molecule has 0 saturated carbocycles. The minimum Gasteiger partial charge on any atom is -0.361 e. The van der Waals surface area contributed by atoms with Gasteiger partial charge in [0.1, 0.15) is 0 Å². The van der Waals surface area contributed by atoms with Gasteiger partial charge in [0.25, 0.3) is 0 Å². The summed E-state index contributed by atoms with van der Waals surface area (Å²) < 4.78 is 38.3. The van der Waals surface area contributed by atoms with Crippen molar-refractivity contribution < 1.29 is 22.8 Å². The molecule has 0 aromatic heterocycles. The highest BCUT2D eigenvalue weighted by molar-refractivity contribution is 6.39. The third-order valence-electron chi connectivity index (χ3n) is 2.27. The zero-order valence-electron chi connectivity index (χ0n) is 9.49. The molecule has 0 aliphatic carbocycles. The molecule has 2 N–H and O–H groups in total. The van der Waals surface area contributed by atoms with Crippen LogP contribution < -0.4 is 10.6 Å². The van der Waals surface area contributed by atoms with Crippen molar-refractivity contribution >= 4 is 17.5 Å². The maximum absolute atomic E-state index is 12.8. The average molecular weight is 260 g/mol. The summed E-state index contributed by atoms with van der Waals surface area (Å²) in [5, 5.41) is 0. The van der Waals surface area contributed by atoms with Crippen LogP contribution in [0.15, 0.2) is 24.3 Å². The summed E-state index contributed by atoms with van der Waals surface area (Å²) in [5.41, 5.74) is 3.43. The van der Waals surface area contributed by atoms with E-state index in [0.717, 1.165) is 12.1 Å². The number of para-hydroxylation sites is 1. The lowest BCUT2D eigenvalue weighted by atomic mass is 10.1. The summed E-state index contributed by atoms with van der Waals surface area (Å²) in [4.78, 5) is 22.9. The van der Waals surface area contributed by atoms with E-state index in [2.05, 4.69) is 0 Å².